The van der Waals surface area contributed by atoms with Crippen LogP contribution in [0.4, 0.5) is 0 Å². The van der Waals surface area contributed by atoms with Gasteiger partial charge in [0.2, 0.25) is 0 Å². The first kappa shape index (κ1) is 20.0. The molecule has 0 bridgehead atoms. The Morgan fingerprint density at radius 2 is 1.54 bits per heavy atom. The van der Waals surface area contributed by atoms with Gasteiger partial charge in [-0.15, -0.1) is 11.3 Å². The average molecular weight is 393 g/mol. The molecule has 0 spiro atoms. The molecular weight excluding hydrogens is 368 g/mol. The van der Waals surface area contributed by atoms with Gasteiger partial charge in [0.15, 0.2) is 5.78 Å². The van der Waals surface area contributed by atoms with Gasteiger partial charge in [0.25, 0.3) is 5.91 Å². The molecule has 0 saturated heterocycles. The Bertz CT molecular complexity index is 954. The van der Waals surface area contributed by atoms with E-state index in [2.05, 4.69) is 36.5 Å². The van der Waals surface area contributed by atoms with Gasteiger partial charge in [-0.1, -0.05) is 63.2 Å². The lowest BCUT2D eigenvalue weighted by Gasteiger charge is -2.14. The number of ketones is 1. The fraction of sp³-hybridized carbons (Fsp3) is 0.261. The van der Waals surface area contributed by atoms with Crippen LogP contribution in [0.3, 0.4) is 0 Å². The van der Waals surface area contributed by atoms with Crippen molar-refractivity contribution in [3.05, 3.63) is 87.4 Å². The topological polar surface area (TPSA) is 59.1 Å². The van der Waals surface area contributed by atoms with Crippen LogP contribution in [-0.2, 0) is 11.8 Å². The van der Waals surface area contributed by atoms with Crippen molar-refractivity contribution in [2.45, 2.75) is 32.6 Å². The van der Waals surface area contributed by atoms with Gasteiger partial charge >= 0.3 is 0 Å². The minimum Gasteiger partial charge on any atom is -0.352 e. The zero-order chi connectivity index (χ0) is 20.1. The molecule has 3 aromatic rings. The monoisotopic (exact) mass is 392 g/mol. The smallest absolute Gasteiger partial charge is 0.251 e. The zero-order valence-electron chi connectivity index (χ0n) is 16.4. The lowest BCUT2D eigenvalue weighted by Crippen LogP contribution is -2.25. The number of carbonyl (C=O) groups excluding carboxylic acids is 2. The summed E-state index contributed by atoms with van der Waals surface area (Å²) in [4.78, 5) is 29.4. The Morgan fingerprint density at radius 3 is 2.14 bits per heavy atom. The maximum absolute atomic E-state index is 12.4. The van der Waals surface area contributed by atoms with Crippen molar-refractivity contribution in [3.8, 4) is 0 Å². The molecule has 0 unspecified atom stereocenters. The predicted octanol–water partition coefficient (Wildman–Crippen LogP) is 4.64. The molecule has 5 heteroatoms. The van der Waals surface area contributed by atoms with Gasteiger partial charge in [-0.05, 0) is 12.1 Å². The van der Waals surface area contributed by atoms with E-state index in [1.165, 1.54) is 0 Å². The highest BCUT2D eigenvalue weighted by Crippen LogP contribution is 2.23. The van der Waals surface area contributed by atoms with Crippen molar-refractivity contribution >= 4 is 23.0 Å². The maximum Gasteiger partial charge on any atom is 0.251 e. The van der Waals surface area contributed by atoms with Gasteiger partial charge in [-0.3, -0.25) is 9.59 Å². The highest BCUT2D eigenvalue weighted by Gasteiger charge is 2.17. The summed E-state index contributed by atoms with van der Waals surface area (Å²) in [7, 11) is 0. The van der Waals surface area contributed by atoms with Crippen molar-refractivity contribution in [1.82, 2.24) is 10.3 Å². The second kappa shape index (κ2) is 8.48. The maximum atomic E-state index is 12.4. The molecule has 1 amide bonds. The van der Waals surface area contributed by atoms with Gasteiger partial charge in [-0.25, -0.2) is 4.98 Å². The van der Waals surface area contributed by atoms with Crippen LogP contribution in [0.25, 0.3) is 0 Å². The third-order valence-electron chi connectivity index (χ3n) is 4.39. The molecular formula is C23H24N2O2S. The number of amides is 1. The summed E-state index contributed by atoms with van der Waals surface area (Å²) in [6.45, 7) is 6.94. The minimum absolute atomic E-state index is 0.0386. The van der Waals surface area contributed by atoms with Crippen LogP contribution in [0.15, 0.2) is 60.0 Å². The van der Waals surface area contributed by atoms with E-state index in [0.717, 1.165) is 10.7 Å². The molecule has 1 heterocycles. The van der Waals surface area contributed by atoms with Crippen LogP contribution in [0.5, 0.6) is 0 Å². The van der Waals surface area contributed by atoms with Crippen LogP contribution in [-0.4, -0.2) is 23.2 Å². The second-order valence-corrected chi connectivity index (χ2v) is 8.60. The first-order chi connectivity index (χ1) is 13.3. The summed E-state index contributed by atoms with van der Waals surface area (Å²) < 4.78 is 0. The van der Waals surface area contributed by atoms with E-state index in [-0.39, 0.29) is 17.1 Å². The van der Waals surface area contributed by atoms with E-state index < -0.39 is 0 Å². The van der Waals surface area contributed by atoms with Crippen LogP contribution in [0.1, 0.15) is 57.8 Å². The van der Waals surface area contributed by atoms with E-state index >= 15 is 0 Å². The van der Waals surface area contributed by atoms with Crippen molar-refractivity contribution in [3.63, 3.8) is 0 Å². The van der Waals surface area contributed by atoms with E-state index in [9.17, 15) is 9.59 Å². The van der Waals surface area contributed by atoms with Crippen LogP contribution in [0, 0.1) is 0 Å². The van der Waals surface area contributed by atoms with Gasteiger partial charge in [0.05, 0.1) is 10.7 Å². The third-order valence-corrected chi connectivity index (χ3v) is 5.30. The molecule has 4 nitrogen and oxygen atoms in total. The van der Waals surface area contributed by atoms with Crippen LogP contribution in [0.2, 0.25) is 0 Å². The summed E-state index contributed by atoms with van der Waals surface area (Å²) in [5, 5.41) is 6.02. The SMILES string of the molecule is CC(C)(C)c1csc(CCNC(=O)c2ccc(C(=O)c3ccccc3)cc2)n1. The highest BCUT2D eigenvalue weighted by molar-refractivity contribution is 7.09. The number of hydrogen-bond acceptors (Lipinski definition) is 4. The van der Waals surface area contributed by atoms with Gasteiger partial charge in [-0.2, -0.15) is 0 Å². The van der Waals surface area contributed by atoms with E-state index in [1.54, 1.807) is 47.7 Å². The third kappa shape index (κ3) is 4.93. The summed E-state index contributed by atoms with van der Waals surface area (Å²) in [6, 6.07) is 15.9. The molecule has 0 atom stereocenters. The lowest BCUT2D eigenvalue weighted by molar-refractivity contribution is 0.0952. The molecule has 3 rings (SSSR count). The van der Waals surface area contributed by atoms with E-state index in [1.807, 2.05) is 18.2 Å². The molecule has 0 aliphatic heterocycles. The molecule has 28 heavy (non-hydrogen) atoms. The molecule has 2 aromatic carbocycles. The Labute approximate surface area is 169 Å². The molecule has 0 fully saturated rings. The largest absolute Gasteiger partial charge is 0.352 e. The molecule has 1 aromatic heterocycles. The number of nitrogens with one attached hydrogen (secondary N) is 1. The predicted molar refractivity (Wildman–Crippen MR) is 113 cm³/mol. The Kier molecular flexibility index (Phi) is 6.05. The first-order valence-corrected chi connectivity index (χ1v) is 10.2. The standard InChI is InChI=1S/C23H24N2O2S/c1-23(2,3)19-15-28-20(25-19)13-14-24-22(27)18-11-9-17(10-12-18)21(26)16-7-5-4-6-8-16/h4-12,15H,13-14H2,1-3H3,(H,24,27). The van der Waals surface area contributed by atoms with Crippen molar-refractivity contribution in [2.24, 2.45) is 0 Å². The second-order valence-electron chi connectivity index (χ2n) is 7.65. The normalized spacial score (nSPS) is 11.2. The summed E-state index contributed by atoms with van der Waals surface area (Å²) in [5.41, 5.74) is 2.87. The summed E-state index contributed by atoms with van der Waals surface area (Å²) in [6.07, 6.45) is 0.705. The quantitative estimate of drug-likeness (QED) is 0.622. The first-order valence-electron chi connectivity index (χ1n) is 9.27. The molecule has 1 N–H and O–H groups in total. The Hall–Kier alpha value is -2.79. The number of aromatic nitrogens is 1. The molecule has 0 aliphatic carbocycles. The number of thiazole rings is 1. The number of benzene rings is 2. The highest BCUT2D eigenvalue weighted by atomic mass is 32.1. The molecule has 144 valence electrons. The lowest BCUT2D eigenvalue weighted by atomic mass is 9.93. The Balaban J connectivity index is 1.55. The molecule has 0 radical (unpaired) electrons. The van der Waals surface area contributed by atoms with Gasteiger partial charge in [0, 0.05) is 40.5 Å². The van der Waals surface area contributed by atoms with E-state index in [4.69, 9.17) is 0 Å². The fourth-order valence-corrected chi connectivity index (χ4v) is 3.71. The molecule has 0 aliphatic rings. The van der Waals surface area contributed by atoms with Gasteiger partial charge in [0.1, 0.15) is 0 Å². The van der Waals surface area contributed by atoms with Crippen LogP contribution >= 0.6 is 11.3 Å². The van der Waals surface area contributed by atoms with Crippen molar-refractivity contribution in [2.75, 3.05) is 6.54 Å². The fourth-order valence-electron chi connectivity index (χ4n) is 2.68. The zero-order valence-corrected chi connectivity index (χ0v) is 17.2. The van der Waals surface area contributed by atoms with Crippen LogP contribution < -0.4 is 5.32 Å². The number of rotatable bonds is 6. The van der Waals surface area contributed by atoms with Crippen molar-refractivity contribution in [1.29, 1.82) is 0 Å². The summed E-state index contributed by atoms with van der Waals surface area (Å²) in [5.74, 6) is -0.197. The van der Waals surface area contributed by atoms with Gasteiger partial charge < -0.3 is 5.32 Å². The summed E-state index contributed by atoms with van der Waals surface area (Å²) >= 11 is 1.63. The van der Waals surface area contributed by atoms with Crippen molar-refractivity contribution < 1.29 is 9.59 Å². The van der Waals surface area contributed by atoms with E-state index in [0.29, 0.717) is 29.7 Å². The minimum atomic E-state index is -0.147. The number of carbonyl (C=O) groups is 2. The average Bonchev–Trinajstić information content (AvgIpc) is 3.17. The Morgan fingerprint density at radius 1 is 0.929 bits per heavy atom. The number of hydrogen-bond donors (Lipinski definition) is 1. The molecule has 0 saturated carbocycles. The number of nitrogens with zero attached hydrogens (tertiary/aromatic N) is 1.